The minimum Gasteiger partial charge on any atom is -0.341 e. The Morgan fingerprint density at radius 3 is 2.57 bits per heavy atom. The second kappa shape index (κ2) is 6.34. The van der Waals surface area contributed by atoms with Gasteiger partial charge in [0.25, 0.3) is 0 Å². The Morgan fingerprint density at radius 1 is 1.10 bits per heavy atom. The van der Waals surface area contributed by atoms with Gasteiger partial charge in [0.2, 0.25) is 17.2 Å². The zero-order valence-corrected chi connectivity index (χ0v) is 13.7. The Hall–Kier alpha value is -1.10. The average Bonchev–Trinajstić information content (AvgIpc) is 3.00. The fraction of sp³-hybridized carbons (Fsp3) is 0.800. The highest BCUT2D eigenvalue weighted by molar-refractivity contribution is 6.28. The third-order valence-corrected chi connectivity index (χ3v) is 4.91. The molecule has 1 aliphatic heterocycles. The largest absolute Gasteiger partial charge is 0.341 e. The number of aromatic nitrogens is 3. The molecule has 2 unspecified atom stereocenters. The zero-order chi connectivity index (χ0) is 14.8. The van der Waals surface area contributed by atoms with Gasteiger partial charge in [0.1, 0.15) is 0 Å². The molecule has 0 aromatic carbocycles. The molecule has 2 aliphatic rings. The van der Waals surface area contributed by atoms with Gasteiger partial charge in [-0.15, -0.1) is 0 Å². The maximum absolute atomic E-state index is 6.12. The first-order valence-corrected chi connectivity index (χ1v) is 8.40. The molecule has 3 rings (SSSR count). The number of anilines is 2. The van der Waals surface area contributed by atoms with Crippen LogP contribution in [0, 0.1) is 5.92 Å². The monoisotopic (exact) mass is 309 g/mol. The SMILES string of the molecule is CC1CCCC(N(C)c2nc(Cl)nc(N3CCCC3)n2)C1. The minimum atomic E-state index is 0.303. The summed E-state index contributed by atoms with van der Waals surface area (Å²) in [5.41, 5.74) is 0. The summed E-state index contributed by atoms with van der Waals surface area (Å²) in [7, 11) is 2.09. The molecule has 0 N–H and O–H groups in total. The molecular weight excluding hydrogens is 286 g/mol. The summed E-state index contributed by atoms with van der Waals surface area (Å²) in [4.78, 5) is 17.7. The molecule has 2 heterocycles. The third-order valence-electron chi connectivity index (χ3n) is 4.75. The van der Waals surface area contributed by atoms with Gasteiger partial charge in [0, 0.05) is 26.2 Å². The standard InChI is InChI=1S/C15H24ClN5/c1-11-6-5-7-12(10-11)20(2)14-17-13(16)18-15(19-14)21-8-3-4-9-21/h11-12H,3-10H2,1-2H3. The summed E-state index contributed by atoms with van der Waals surface area (Å²) in [6.07, 6.45) is 7.45. The minimum absolute atomic E-state index is 0.303. The quantitative estimate of drug-likeness (QED) is 0.858. The van der Waals surface area contributed by atoms with Crippen LogP contribution in [0.5, 0.6) is 0 Å². The Balaban J connectivity index is 1.80. The molecule has 1 saturated heterocycles. The first kappa shape index (κ1) is 14.8. The van der Waals surface area contributed by atoms with Crippen LogP contribution in [0.3, 0.4) is 0 Å². The summed E-state index contributed by atoms with van der Waals surface area (Å²) < 4.78 is 0. The van der Waals surface area contributed by atoms with Crippen LogP contribution in [0.1, 0.15) is 45.4 Å². The van der Waals surface area contributed by atoms with Gasteiger partial charge in [-0.1, -0.05) is 19.8 Å². The van der Waals surface area contributed by atoms with Gasteiger partial charge in [-0.05, 0) is 43.2 Å². The van der Waals surface area contributed by atoms with E-state index >= 15 is 0 Å². The first-order valence-electron chi connectivity index (χ1n) is 8.03. The van der Waals surface area contributed by atoms with Crippen molar-refractivity contribution in [3.63, 3.8) is 0 Å². The average molecular weight is 310 g/mol. The van der Waals surface area contributed by atoms with E-state index in [4.69, 9.17) is 11.6 Å². The molecule has 2 fully saturated rings. The number of halogens is 1. The van der Waals surface area contributed by atoms with Crippen LogP contribution in [-0.4, -0.2) is 41.1 Å². The predicted molar refractivity (Wildman–Crippen MR) is 86.1 cm³/mol. The van der Waals surface area contributed by atoms with Gasteiger partial charge in [-0.3, -0.25) is 0 Å². The Kier molecular flexibility index (Phi) is 4.48. The summed E-state index contributed by atoms with van der Waals surface area (Å²) in [5, 5.41) is 0.303. The van der Waals surface area contributed by atoms with Crippen molar-refractivity contribution >= 4 is 23.5 Å². The van der Waals surface area contributed by atoms with E-state index in [2.05, 4.69) is 38.7 Å². The molecule has 0 spiro atoms. The van der Waals surface area contributed by atoms with Crippen LogP contribution in [-0.2, 0) is 0 Å². The van der Waals surface area contributed by atoms with Crippen LogP contribution < -0.4 is 9.80 Å². The highest BCUT2D eigenvalue weighted by atomic mass is 35.5. The van der Waals surface area contributed by atoms with E-state index in [1.807, 2.05) is 0 Å². The lowest BCUT2D eigenvalue weighted by molar-refractivity contribution is 0.334. The van der Waals surface area contributed by atoms with E-state index in [1.54, 1.807) is 0 Å². The Morgan fingerprint density at radius 2 is 1.86 bits per heavy atom. The molecule has 6 heteroatoms. The molecule has 2 atom stereocenters. The third kappa shape index (κ3) is 3.39. The van der Waals surface area contributed by atoms with Crippen LogP contribution >= 0.6 is 11.6 Å². The van der Waals surface area contributed by atoms with E-state index in [9.17, 15) is 0 Å². The number of hydrogen-bond donors (Lipinski definition) is 0. The zero-order valence-electron chi connectivity index (χ0n) is 12.9. The summed E-state index contributed by atoms with van der Waals surface area (Å²) in [6, 6.07) is 0.513. The molecule has 1 aromatic heterocycles. The second-order valence-corrected chi connectivity index (χ2v) is 6.77. The lowest BCUT2D eigenvalue weighted by Crippen LogP contribution is -2.37. The van der Waals surface area contributed by atoms with Crippen LogP contribution in [0.25, 0.3) is 0 Å². The lowest BCUT2D eigenvalue weighted by atomic mass is 9.86. The van der Waals surface area contributed by atoms with Crippen molar-refractivity contribution in [2.75, 3.05) is 29.9 Å². The topological polar surface area (TPSA) is 45.2 Å². The first-order chi connectivity index (χ1) is 10.1. The van der Waals surface area contributed by atoms with Crippen molar-refractivity contribution in [1.29, 1.82) is 0 Å². The molecule has 5 nitrogen and oxygen atoms in total. The fourth-order valence-electron chi connectivity index (χ4n) is 3.46. The van der Waals surface area contributed by atoms with Crippen molar-refractivity contribution in [1.82, 2.24) is 15.0 Å². The molecule has 21 heavy (non-hydrogen) atoms. The van der Waals surface area contributed by atoms with Gasteiger partial charge >= 0.3 is 0 Å². The highest BCUT2D eigenvalue weighted by Gasteiger charge is 2.25. The molecule has 0 amide bonds. The van der Waals surface area contributed by atoms with Crippen molar-refractivity contribution in [2.24, 2.45) is 5.92 Å². The van der Waals surface area contributed by atoms with E-state index in [0.29, 0.717) is 11.3 Å². The van der Waals surface area contributed by atoms with E-state index in [0.717, 1.165) is 30.9 Å². The maximum Gasteiger partial charge on any atom is 0.231 e. The van der Waals surface area contributed by atoms with Crippen molar-refractivity contribution < 1.29 is 0 Å². The van der Waals surface area contributed by atoms with E-state index in [1.165, 1.54) is 38.5 Å². The molecular formula is C15H24ClN5. The smallest absolute Gasteiger partial charge is 0.231 e. The number of nitrogens with zero attached hydrogens (tertiary/aromatic N) is 5. The molecule has 1 aromatic rings. The second-order valence-electron chi connectivity index (χ2n) is 6.44. The van der Waals surface area contributed by atoms with Gasteiger partial charge in [-0.25, -0.2) is 0 Å². The van der Waals surface area contributed by atoms with Crippen molar-refractivity contribution in [2.45, 2.75) is 51.5 Å². The summed E-state index contributed by atoms with van der Waals surface area (Å²) in [6.45, 7) is 4.37. The van der Waals surface area contributed by atoms with Gasteiger partial charge < -0.3 is 9.80 Å². The van der Waals surface area contributed by atoms with Crippen LogP contribution in [0.4, 0.5) is 11.9 Å². The van der Waals surface area contributed by atoms with Crippen molar-refractivity contribution in [3.8, 4) is 0 Å². The molecule has 116 valence electrons. The van der Waals surface area contributed by atoms with Crippen LogP contribution in [0.2, 0.25) is 5.28 Å². The van der Waals surface area contributed by atoms with Crippen LogP contribution in [0.15, 0.2) is 0 Å². The normalized spacial score (nSPS) is 26.1. The number of hydrogen-bond acceptors (Lipinski definition) is 5. The number of rotatable bonds is 3. The van der Waals surface area contributed by atoms with E-state index in [-0.39, 0.29) is 0 Å². The van der Waals surface area contributed by atoms with Gasteiger partial charge in [0.15, 0.2) is 0 Å². The molecule has 1 saturated carbocycles. The molecule has 1 aliphatic carbocycles. The van der Waals surface area contributed by atoms with Crippen molar-refractivity contribution in [3.05, 3.63) is 5.28 Å². The van der Waals surface area contributed by atoms with Gasteiger partial charge in [0.05, 0.1) is 0 Å². The van der Waals surface area contributed by atoms with Gasteiger partial charge in [-0.2, -0.15) is 15.0 Å². The summed E-state index contributed by atoms with van der Waals surface area (Å²) >= 11 is 6.12. The molecule has 0 bridgehead atoms. The predicted octanol–water partition coefficient (Wildman–Crippen LogP) is 3.14. The Bertz CT molecular complexity index is 489. The maximum atomic E-state index is 6.12. The molecule has 0 radical (unpaired) electrons. The highest BCUT2D eigenvalue weighted by Crippen LogP contribution is 2.29. The summed E-state index contributed by atoms with van der Waals surface area (Å²) in [5.74, 6) is 2.23. The van der Waals surface area contributed by atoms with E-state index < -0.39 is 0 Å². The lowest BCUT2D eigenvalue weighted by Gasteiger charge is -2.34. The Labute approximate surface area is 131 Å². The fourth-order valence-corrected chi connectivity index (χ4v) is 3.61.